The zero-order valence-electron chi connectivity index (χ0n) is 28.8. The highest BCUT2D eigenvalue weighted by Gasteiger charge is 2.26. The number of piperidine rings is 1. The molecule has 4 aromatic carbocycles. The molecule has 1 fully saturated rings. The fourth-order valence-electron chi connectivity index (χ4n) is 6.45. The highest BCUT2D eigenvalue weighted by Crippen LogP contribution is 2.27. The van der Waals surface area contributed by atoms with Gasteiger partial charge in [0.15, 0.2) is 0 Å². The van der Waals surface area contributed by atoms with E-state index in [0.29, 0.717) is 80.2 Å². The lowest BCUT2D eigenvalue weighted by Gasteiger charge is -2.32. The van der Waals surface area contributed by atoms with Gasteiger partial charge in [-0.2, -0.15) is 10.2 Å². The summed E-state index contributed by atoms with van der Waals surface area (Å²) >= 11 is 12.5. The van der Waals surface area contributed by atoms with Crippen LogP contribution in [-0.2, 0) is 17.6 Å². The minimum Gasteiger partial charge on any atom is -0.478 e. The van der Waals surface area contributed by atoms with Crippen LogP contribution in [0.5, 0.6) is 0 Å². The summed E-state index contributed by atoms with van der Waals surface area (Å²) in [5.74, 6) is -3.04. The number of fused-ring (bicyclic) bond motifs is 2. The molecule has 0 aliphatic carbocycles. The number of amides is 1. The number of nitrogens with one attached hydrogen (secondary N) is 2. The van der Waals surface area contributed by atoms with Gasteiger partial charge < -0.3 is 14.7 Å². The van der Waals surface area contributed by atoms with E-state index in [2.05, 4.69) is 20.4 Å². The van der Waals surface area contributed by atoms with Crippen LogP contribution < -0.4 is 11.1 Å². The maximum atomic E-state index is 14.5. The van der Waals surface area contributed by atoms with Gasteiger partial charge in [-0.15, -0.1) is 0 Å². The van der Waals surface area contributed by atoms with Gasteiger partial charge in [0.2, 0.25) is 0 Å². The second kappa shape index (κ2) is 16.7. The van der Waals surface area contributed by atoms with Gasteiger partial charge in [-0.05, 0) is 79.4 Å². The second-order valence-corrected chi connectivity index (χ2v) is 13.4. The van der Waals surface area contributed by atoms with Crippen molar-refractivity contribution in [2.24, 2.45) is 0 Å². The number of rotatable bonds is 8. The molecule has 1 amide bonds. The number of H-pyrrole nitrogens is 2. The lowest BCUT2D eigenvalue weighted by molar-refractivity contribution is 0.0144. The van der Waals surface area contributed by atoms with Gasteiger partial charge in [-0.25, -0.2) is 23.8 Å². The fourth-order valence-corrected chi connectivity index (χ4v) is 7.02. The lowest BCUT2D eigenvalue weighted by atomic mass is 10.0. The number of carboxylic acid groups (broad SMARTS) is 1. The lowest BCUT2D eigenvalue weighted by Crippen LogP contribution is -2.41. The summed E-state index contributed by atoms with van der Waals surface area (Å²) in [6.45, 7) is 3.67. The summed E-state index contributed by atoms with van der Waals surface area (Å²) in [6.07, 6.45) is 2.13. The van der Waals surface area contributed by atoms with Crippen LogP contribution >= 0.6 is 23.2 Å². The number of aromatic amines is 2. The van der Waals surface area contributed by atoms with Crippen LogP contribution in [0, 0.1) is 11.6 Å². The molecular formula is C39H33Cl2F2N5O6. The quantitative estimate of drug-likeness (QED) is 0.150. The van der Waals surface area contributed by atoms with Gasteiger partial charge in [0.25, 0.3) is 17.0 Å². The number of likely N-dealkylation sites (tertiary alicyclic amines) is 1. The Morgan fingerprint density at radius 1 is 0.796 bits per heavy atom. The van der Waals surface area contributed by atoms with E-state index in [1.807, 2.05) is 6.92 Å². The molecule has 11 nitrogen and oxygen atoms in total. The first-order valence-corrected chi connectivity index (χ1v) is 17.7. The Kier molecular flexibility index (Phi) is 11.8. The molecule has 1 aliphatic heterocycles. The van der Waals surface area contributed by atoms with Crippen LogP contribution in [0.1, 0.15) is 63.0 Å². The smallest absolute Gasteiger partial charge is 0.338 e. The van der Waals surface area contributed by atoms with E-state index in [4.69, 9.17) is 33.0 Å². The molecule has 0 radical (unpaired) electrons. The SMILES string of the molecule is CCOC1CCN(C(=O)c2cc(Cc3n[nH]c(=O)c4cccc(Cl)c34)ccc2F)CC1.O=C(O)c1cc(Cc2n[nH]c(=O)c3cccc(Cl)c23)ccc1F. The van der Waals surface area contributed by atoms with Crippen molar-refractivity contribution >= 4 is 56.6 Å². The zero-order valence-corrected chi connectivity index (χ0v) is 30.3. The molecule has 2 aromatic heterocycles. The van der Waals surface area contributed by atoms with Crippen molar-refractivity contribution in [3.8, 4) is 0 Å². The largest absolute Gasteiger partial charge is 0.478 e. The van der Waals surface area contributed by atoms with Crippen LogP contribution in [0.4, 0.5) is 8.78 Å². The fraction of sp³-hybridized carbons (Fsp3) is 0.231. The van der Waals surface area contributed by atoms with Crippen molar-refractivity contribution in [1.82, 2.24) is 25.3 Å². The molecule has 1 saturated heterocycles. The summed E-state index contributed by atoms with van der Waals surface area (Å²) in [5, 5.41) is 24.7. The summed E-state index contributed by atoms with van der Waals surface area (Å²) < 4.78 is 33.6. The maximum Gasteiger partial charge on any atom is 0.338 e. The number of nitrogens with zero attached hydrogens (tertiary/aromatic N) is 3. The summed E-state index contributed by atoms with van der Waals surface area (Å²) in [5.41, 5.74) is 1.22. The number of aromatic carboxylic acids is 1. The van der Waals surface area contributed by atoms with Gasteiger partial charge in [0.05, 0.1) is 49.4 Å². The number of hydrogen-bond donors (Lipinski definition) is 3. The Bertz CT molecular complexity index is 2500. The van der Waals surface area contributed by atoms with Gasteiger partial charge in [0, 0.05) is 43.3 Å². The highest BCUT2D eigenvalue weighted by atomic mass is 35.5. The van der Waals surface area contributed by atoms with E-state index in [-0.39, 0.29) is 35.1 Å². The molecule has 0 atom stereocenters. The van der Waals surface area contributed by atoms with E-state index in [9.17, 15) is 28.0 Å². The Morgan fingerprint density at radius 2 is 1.28 bits per heavy atom. The Balaban J connectivity index is 0.000000193. The summed E-state index contributed by atoms with van der Waals surface area (Å²) in [6, 6.07) is 18.3. The third-order valence-electron chi connectivity index (χ3n) is 9.08. The van der Waals surface area contributed by atoms with Crippen LogP contribution in [0.15, 0.2) is 82.4 Å². The first-order valence-electron chi connectivity index (χ1n) is 17.0. The Morgan fingerprint density at radius 3 is 1.76 bits per heavy atom. The minimum atomic E-state index is -1.35. The minimum absolute atomic E-state index is 0.0344. The first-order chi connectivity index (χ1) is 25.9. The topological polar surface area (TPSA) is 158 Å². The van der Waals surface area contributed by atoms with E-state index in [1.165, 1.54) is 18.2 Å². The number of carbonyl (C=O) groups excluding carboxylic acids is 1. The maximum absolute atomic E-state index is 14.5. The van der Waals surface area contributed by atoms with Gasteiger partial charge in [0.1, 0.15) is 11.6 Å². The molecule has 0 saturated carbocycles. The monoisotopic (exact) mass is 775 g/mol. The van der Waals surface area contributed by atoms with E-state index in [1.54, 1.807) is 53.4 Å². The third kappa shape index (κ3) is 8.33. The van der Waals surface area contributed by atoms with Gasteiger partial charge >= 0.3 is 5.97 Å². The number of benzene rings is 4. The van der Waals surface area contributed by atoms with Crippen molar-refractivity contribution in [3.05, 3.63) is 149 Å². The number of ether oxygens (including phenoxy) is 1. The second-order valence-electron chi connectivity index (χ2n) is 12.6. The molecule has 0 spiro atoms. The number of aromatic nitrogens is 4. The van der Waals surface area contributed by atoms with E-state index < -0.39 is 23.2 Å². The molecule has 3 N–H and O–H groups in total. The predicted molar refractivity (Wildman–Crippen MR) is 201 cm³/mol. The van der Waals surface area contributed by atoms with Crippen LogP contribution in [0.25, 0.3) is 21.5 Å². The average Bonchev–Trinajstić information content (AvgIpc) is 3.16. The van der Waals surface area contributed by atoms with Crippen LogP contribution in [0.2, 0.25) is 10.0 Å². The molecule has 0 bridgehead atoms. The van der Waals surface area contributed by atoms with Crippen molar-refractivity contribution in [2.75, 3.05) is 19.7 Å². The average molecular weight is 777 g/mol. The van der Waals surface area contributed by atoms with Crippen molar-refractivity contribution < 1.29 is 28.2 Å². The number of hydrogen-bond acceptors (Lipinski definition) is 7. The molecule has 6 aromatic rings. The van der Waals surface area contributed by atoms with Crippen LogP contribution in [0.3, 0.4) is 0 Å². The predicted octanol–water partition coefficient (Wildman–Crippen LogP) is 6.95. The first kappa shape index (κ1) is 38.2. The Hall–Kier alpha value is -5.50. The molecule has 0 unspecified atom stereocenters. The van der Waals surface area contributed by atoms with E-state index in [0.717, 1.165) is 18.9 Å². The molecule has 15 heteroatoms. The van der Waals surface area contributed by atoms with Crippen LogP contribution in [-0.4, -0.2) is 68.1 Å². The molecule has 3 heterocycles. The standard InChI is InChI=1S/C23H23ClFN3O3.C16H10ClFN2O3/c1-2-31-15-8-10-28(11-9-15)23(30)17-12-14(6-7-19(17)25)13-20-21-16(22(29)27-26-20)4-3-5-18(21)24;17-11-3-1-2-9-14(11)13(19-20-15(9)21)7-8-4-5-12(18)10(6-8)16(22)23/h3-7,12,15H,2,8-11,13H2,1H3,(H,27,29);1-6H,7H2,(H,20,21)(H,22,23). The molecule has 7 rings (SSSR count). The molecule has 1 aliphatic rings. The molecular weight excluding hydrogens is 743 g/mol. The number of halogens is 4. The zero-order chi connectivity index (χ0) is 38.5. The number of carboxylic acids is 1. The summed E-state index contributed by atoms with van der Waals surface area (Å²) in [4.78, 5) is 49.5. The number of carbonyl (C=O) groups is 2. The van der Waals surface area contributed by atoms with Gasteiger partial charge in [-0.1, -0.05) is 47.5 Å². The molecule has 54 heavy (non-hydrogen) atoms. The summed E-state index contributed by atoms with van der Waals surface area (Å²) in [7, 11) is 0. The van der Waals surface area contributed by atoms with E-state index >= 15 is 0 Å². The third-order valence-corrected chi connectivity index (χ3v) is 9.71. The normalized spacial score (nSPS) is 13.2. The van der Waals surface area contributed by atoms with Crippen molar-refractivity contribution in [1.29, 1.82) is 0 Å². The Labute approximate surface area is 316 Å². The van der Waals surface area contributed by atoms with Crippen molar-refractivity contribution in [2.45, 2.75) is 38.7 Å². The highest BCUT2D eigenvalue weighted by molar-refractivity contribution is 6.36. The van der Waals surface area contributed by atoms with Gasteiger partial charge in [-0.3, -0.25) is 14.4 Å². The van der Waals surface area contributed by atoms with Crippen molar-refractivity contribution in [3.63, 3.8) is 0 Å². The molecule has 278 valence electrons.